The van der Waals surface area contributed by atoms with Crippen LogP contribution in [0.25, 0.3) is 0 Å². The highest BCUT2D eigenvalue weighted by atomic mass is 28.4. The van der Waals surface area contributed by atoms with E-state index in [1.165, 1.54) is 0 Å². The Morgan fingerprint density at radius 1 is 0.741 bits per heavy atom. The molecule has 0 aromatic heterocycles. The minimum Gasteiger partial charge on any atom is -0.416 e. The molecule has 0 fully saturated rings. The first-order valence-corrected chi connectivity index (χ1v) is 16.4. The Morgan fingerprint density at radius 2 is 1.15 bits per heavy atom. The first-order valence-electron chi connectivity index (χ1n) is 11.4. The Morgan fingerprint density at radius 3 is 1.44 bits per heavy atom. The van der Waals surface area contributed by atoms with Gasteiger partial charge in [0.2, 0.25) is 8.32 Å². The summed E-state index contributed by atoms with van der Waals surface area (Å²) in [7, 11) is -3.62. The van der Waals surface area contributed by atoms with Gasteiger partial charge in [-0.3, -0.25) is 0 Å². The number of rotatable bonds is 11. The minimum atomic E-state index is -1.89. The van der Waals surface area contributed by atoms with Crippen LogP contribution >= 0.6 is 0 Å². The van der Waals surface area contributed by atoms with Crippen LogP contribution in [0.3, 0.4) is 0 Å². The molecular formula is C23H52O2Si2. The van der Waals surface area contributed by atoms with Gasteiger partial charge in [-0.15, -0.1) is 0 Å². The lowest BCUT2D eigenvalue weighted by Gasteiger charge is -2.47. The molecule has 0 heterocycles. The Hall–Kier alpha value is 0.354. The van der Waals surface area contributed by atoms with Gasteiger partial charge >= 0.3 is 0 Å². The van der Waals surface area contributed by atoms with Crippen LogP contribution in [0.15, 0.2) is 0 Å². The summed E-state index contributed by atoms with van der Waals surface area (Å²) in [5, 5.41) is 0.256. The van der Waals surface area contributed by atoms with Crippen LogP contribution in [0, 0.1) is 11.8 Å². The number of hydrogen-bond donors (Lipinski definition) is 0. The molecule has 0 aliphatic rings. The van der Waals surface area contributed by atoms with Gasteiger partial charge in [0, 0.05) is 12.5 Å². The molecule has 0 N–H and O–H groups in total. The summed E-state index contributed by atoms with van der Waals surface area (Å²) in [5.41, 5.74) is 1.87. The Bertz CT molecular complexity index is 403. The highest BCUT2D eigenvalue weighted by Crippen LogP contribution is 2.45. The summed E-state index contributed by atoms with van der Waals surface area (Å²) < 4.78 is 13.9. The predicted molar refractivity (Wildman–Crippen MR) is 128 cm³/mol. The zero-order valence-electron chi connectivity index (χ0n) is 21.2. The van der Waals surface area contributed by atoms with E-state index in [4.69, 9.17) is 8.85 Å². The molecule has 0 saturated carbocycles. The standard InChI is InChI=1S/C23H52O2Si2/c1-15-20(8)22(21(9)16-24-26(13,14)23(10,11)12)25-27(17(2)3,18(4)5)19(6)7/h17-22H,15-16H2,1-14H3/t20-,21-,22-/m1/s1. The van der Waals surface area contributed by atoms with Crippen LogP contribution in [0.1, 0.15) is 89.5 Å². The molecule has 0 aliphatic heterocycles. The fourth-order valence-corrected chi connectivity index (χ4v) is 11.2. The van der Waals surface area contributed by atoms with E-state index in [1.807, 2.05) is 0 Å². The third-order valence-corrected chi connectivity index (χ3v) is 17.9. The maximum Gasteiger partial charge on any atom is 0.200 e. The van der Waals surface area contributed by atoms with E-state index in [2.05, 4.69) is 96.2 Å². The van der Waals surface area contributed by atoms with E-state index in [-0.39, 0.29) is 5.04 Å². The molecule has 0 aromatic rings. The molecule has 0 unspecified atom stereocenters. The zero-order chi connectivity index (χ0) is 21.8. The Balaban J connectivity index is 5.61. The van der Waals surface area contributed by atoms with Crippen molar-refractivity contribution in [2.45, 2.75) is 130 Å². The third-order valence-electron chi connectivity index (χ3n) is 7.33. The molecule has 0 radical (unpaired) electrons. The van der Waals surface area contributed by atoms with Crippen molar-refractivity contribution < 1.29 is 8.85 Å². The van der Waals surface area contributed by atoms with Crippen molar-refractivity contribution in [3.63, 3.8) is 0 Å². The van der Waals surface area contributed by atoms with Crippen LogP contribution in [-0.2, 0) is 8.85 Å². The maximum atomic E-state index is 7.26. The maximum absolute atomic E-state index is 7.26. The molecule has 164 valence electrons. The van der Waals surface area contributed by atoms with Gasteiger partial charge < -0.3 is 8.85 Å². The predicted octanol–water partition coefficient (Wildman–Crippen LogP) is 8.25. The highest BCUT2D eigenvalue weighted by Gasteiger charge is 2.48. The van der Waals surface area contributed by atoms with Crippen LogP contribution in [0.5, 0.6) is 0 Å². The van der Waals surface area contributed by atoms with E-state index in [0.29, 0.717) is 34.6 Å². The third kappa shape index (κ3) is 6.69. The van der Waals surface area contributed by atoms with E-state index in [0.717, 1.165) is 13.0 Å². The first kappa shape index (κ1) is 27.4. The average molecular weight is 417 g/mol. The smallest absolute Gasteiger partial charge is 0.200 e. The summed E-state index contributed by atoms with van der Waals surface area (Å²) >= 11 is 0. The van der Waals surface area contributed by atoms with Crippen LogP contribution in [0.2, 0.25) is 34.8 Å². The largest absolute Gasteiger partial charge is 0.416 e. The normalized spacial score (nSPS) is 17.7. The molecular weight excluding hydrogens is 364 g/mol. The van der Waals surface area contributed by atoms with Gasteiger partial charge in [-0.1, -0.05) is 89.5 Å². The van der Waals surface area contributed by atoms with Crippen LogP contribution in [-0.4, -0.2) is 29.3 Å². The second-order valence-corrected chi connectivity index (χ2v) is 21.6. The van der Waals surface area contributed by atoms with Gasteiger partial charge in [-0.25, -0.2) is 0 Å². The molecule has 0 aromatic carbocycles. The number of hydrogen-bond acceptors (Lipinski definition) is 2. The lowest BCUT2D eigenvalue weighted by molar-refractivity contribution is 0.0436. The molecule has 4 heteroatoms. The topological polar surface area (TPSA) is 18.5 Å². The van der Waals surface area contributed by atoms with Crippen molar-refractivity contribution in [2.24, 2.45) is 11.8 Å². The van der Waals surface area contributed by atoms with Crippen LogP contribution < -0.4 is 0 Å². The van der Waals surface area contributed by atoms with Gasteiger partial charge in [0.05, 0.1) is 6.10 Å². The first-order chi connectivity index (χ1) is 12.0. The van der Waals surface area contributed by atoms with Gasteiger partial charge in [0.15, 0.2) is 8.32 Å². The SMILES string of the molecule is CC[C@@H](C)[C@@H](O[Si](C(C)C)(C(C)C)C(C)C)[C@H](C)CO[Si](C)(C)C(C)(C)C. The van der Waals surface area contributed by atoms with Crippen molar-refractivity contribution in [3.8, 4) is 0 Å². The fraction of sp³-hybridized carbons (Fsp3) is 1.00. The minimum absolute atomic E-state index is 0.256. The summed E-state index contributed by atoms with van der Waals surface area (Å²) in [6.45, 7) is 33.8. The summed E-state index contributed by atoms with van der Waals surface area (Å²) in [6.07, 6.45) is 1.45. The molecule has 27 heavy (non-hydrogen) atoms. The molecule has 0 spiro atoms. The molecule has 2 nitrogen and oxygen atoms in total. The summed E-state index contributed by atoms with van der Waals surface area (Å²) in [5.74, 6) is 0.989. The van der Waals surface area contributed by atoms with Gasteiger partial charge in [-0.2, -0.15) is 0 Å². The highest BCUT2D eigenvalue weighted by molar-refractivity contribution is 6.77. The Labute approximate surface area is 174 Å². The van der Waals surface area contributed by atoms with Crippen molar-refractivity contribution >= 4 is 16.6 Å². The second-order valence-electron chi connectivity index (χ2n) is 11.3. The van der Waals surface area contributed by atoms with Crippen molar-refractivity contribution in [3.05, 3.63) is 0 Å². The van der Waals surface area contributed by atoms with E-state index in [1.54, 1.807) is 0 Å². The van der Waals surface area contributed by atoms with Crippen molar-refractivity contribution in [1.82, 2.24) is 0 Å². The van der Waals surface area contributed by atoms with E-state index < -0.39 is 16.6 Å². The zero-order valence-corrected chi connectivity index (χ0v) is 23.2. The average Bonchev–Trinajstić information content (AvgIpc) is 2.50. The molecule has 3 atom stereocenters. The lowest BCUT2D eigenvalue weighted by atomic mass is 9.92. The van der Waals surface area contributed by atoms with Gasteiger partial charge in [0.1, 0.15) is 0 Å². The monoisotopic (exact) mass is 416 g/mol. The van der Waals surface area contributed by atoms with Gasteiger partial charge in [-0.05, 0) is 40.7 Å². The van der Waals surface area contributed by atoms with E-state index in [9.17, 15) is 0 Å². The molecule has 0 amide bonds. The molecule has 0 saturated heterocycles. The summed E-state index contributed by atoms with van der Waals surface area (Å²) in [6, 6.07) is 0. The van der Waals surface area contributed by atoms with Crippen molar-refractivity contribution in [2.75, 3.05) is 6.61 Å². The van der Waals surface area contributed by atoms with Crippen LogP contribution in [0.4, 0.5) is 0 Å². The van der Waals surface area contributed by atoms with E-state index >= 15 is 0 Å². The lowest BCUT2D eigenvalue weighted by Crippen LogP contribution is -2.53. The fourth-order valence-electron chi connectivity index (χ4n) is 4.32. The van der Waals surface area contributed by atoms with Gasteiger partial charge in [0.25, 0.3) is 0 Å². The Kier molecular flexibility index (Phi) is 10.5. The van der Waals surface area contributed by atoms with Crippen molar-refractivity contribution in [1.29, 1.82) is 0 Å². The summed E-state index contributed by atoms with van der Waals surface area (Å²) in [4.78, 5) is 0. The molecule has 0 bridgehead atoms. The second kappa shape index (κ2) is 10.4. The quantitative estimate of drug-likeness (QED) is 0.315. The molecule has 0 rings (SSSR count). The molecule has 0 aliphatic carbocycles.